The zero-order valence-corrected chi connectivity index (χ0v) is 5.51. The van der Waals surface area contributed by atoms with Crippen molar-refractivity contribution in [1.29, 1.82) is 0 Å². The summed E-state index contributed by atoms with van der Waals surface area (Å²) in [7, 11) is -3.98. The monoisotopic (exact) mass is 139 g/mol. The van der Waals surface area contributed by atoms with Crippen molar-refractivity contribution in [1.82, 2.24) is 0 Å². The second kappa shape index (κ2) is 2.60. The van der Waals surface area contributed by atoms with Crippen LogP contribution in [0.2, 0.25) is 0 Å². The predicted molar refractivity (Wildman–Crippen MR) is 30.3 cm³/mol. The first-order chi connectivity index (χ1) is 3.48. The van der Waals surface area contributed by atoms with Gasteiger partial charge in [-0.3, -0.25) is 4.57 Å². The van der Waals surface area contributed by atoms with E-state index in [-0.39, 0.29) is 0 Å². The van der Waals surface area contributed by atoms with Crippen molar-refractivity contribution in [3.8, 4) is 0 Å². The molecular formula is C3H10NO3P. The van der Waals surface area contributed by atoms with Crippen LogP contribution < -0.4 is 5.73 Å². The minimum atomic E-state index is -3.98. The van der Waals surface area contributed by atoms with E-state index in [0.717, 1.165) is 0 Å². The van der Waals surface area contributed by atoms with E-state index in [1.54, 1.807) is 6.92 Å². The summed E-state index contributed by atoms with van der Waals surface area (Å²) in [6, 6.07) is 0. The van der Waals surface area contributed by atoms with Crippen LogP contribution in [0.4, 0.5) is 0 Å². The molecule has 0 aliphatic rings. The number of hydrogen-bond donors (Lipinski definition) is 3. The maximum atomic E-state index is 10.1. The van der Waals surface area contributed by atoms with Gasteiger partial charge in [0, 0.05) is 0 Å². The molecule has 4 nitrogen and oxygen atoms in total. The molecule has 0 heterocycles. The molecule has 0 spiro atoms. The topological polar surface area (TPSA) is 83.6 Å². The van der Waals surface area contributed by atoms with E-state index in [4.69, 9.17) is 15.5 Å². The van der Waals surface area contributed by atoms with E-state index in [2.05, 4.69) is 0 Å². The van der Waals surface area contributed by atoms with Crippen molar-refractivity contribution in [2.24, 2.45) is 5.73 Å². The van der Waals surface area contributed by atoms with Gasteiger partial charge in [0.15, 0.2) is 0 Å². The van der Waals surface area contributed by atoms with Gasteiger partial charge in [-0.05, 0) is 6.42 Å². The van der Waals surface area contributed by atoms with Crippen LogP contribution in [-0.4, -0.2) is 15.6 Å². The second-order valence-electron chi connectivity index (χ2n) is 1.56. The number of hydrogen-bond acceptors (Lipinski definition) is 2. The molecule has 0 aliphatic carbocycles. The minimum Gasteiger partial charge on any atom is -0.323 e. The largest absolute Gasteiger partial charge is 0.342 e. The van der Waals surface area contributed by atoms with Gasteiger partial charge in [-0.25, -0.2) is 0 Å². The molecule has 0 aliphatic heterocycles. The lowest BCUT2D eigenvalue weighted by Gasteiger charge is -2.08. The summed E-state index contributed by atoms with van der Waals surface area (Å²) >= 11 is 0. The first kappa shape index (κ1) is 8.11. The quantitative estimate of drug-likeness (QED) is 0.465. The fraction of sp³-hybridized carbons (Fsp3) is 1.00. The van der Waals surface area contributed by atoms with Gasteiger partial charge in [-0.15, -0.1) is 0 Å². The Morgan fingerprint density at radius 2 is 2.12 bits per heavy atom. The number of rotatable bonds is 2. The third kappa shape index (κ3) is 2.43. The van der Waals surface area contributed by atoms with E-state index in [0.29, 0.717) is 6.42 Å². The van der Waals surface area contributed by atoms with Crippen LogP contribution in [0.1, 0.15) is 13.3 Å². The zero-order valence-electron chi connectivity index (χ0n) is 4.61. The molecule has 0 fully saturated rings. The van der Waals surface area contributed by atoms with E-state index in [9.17, 15) is 4.57 Å². The van der Waals surface area contributed by atoms with Crippen molar-refractivity contribution in [2.75, 3.05) is 0 Å². The predicted octanol–water partition coefficient (Wildman–Crippen LogP) is -0.141. The van der Waals surface area contributed by atoms with Gasteiger partial charge in [0.2, 0.25) is 0 Å². The maximum Gasteiger partial charge on any atom is 0.342 e. The smallest absolute Gasteiger partial charge is 0.323 e. The molecular weight excluding hydrogens is 129 g/mol. The Hall–Kier alpha value is 0.110. The van der Waals surface area contributed by atoms with Gasteiger partial charge in [-0.2, -0.15) is 0 Å². The highest BCUT2D eigenvalue weighted by Crippen LogP contribution is 2.39. The van der Waals surface area contributed by atoms with Crippen LogP contribution in [0.25, 0.3) is 0 Å². The van der Waals surface area contributed by atoms with Crippen molar-refractivity contribution >= 4 is 7.60 Å². The summed E-state index contributed by atoms with van der Waals surface area (Å²) in [6.07, 6.45) is 0.310. The van der Waals surface area contributed by atoms with E-state index in [1.165, 1.54) is 0 Å². The Balaban J connectivity index is 3.82. The molecule has 0 aromatic rings. The van der Waals surface area contributed by atoms with E-state index in [1.807, 2.05) is 0 Å². The second-order valence-corrected chi connectivity index (χ2v) is 3.41. The molecule has 5 heteroatoms. The van der Waals surface area contributed by atoms with Gasteiger partial charge < -0.3 is 15.5 Å². The summed E-state index contributed by atoms with van der Waals surface area (Å²) in [6.45, 7) is 1.63. The lowest BCUT2D eigenvalue weighted by molar-refractivity contribution is 0.357. The molecule has 0 saturated heterocycles. The average Bonchev–Trinajstić information content (AvgIpc) is 1.62. The summed E-state index contributed by atoms with van der Waals surface area (Å²) in [5.41, 5.74) is 4.99. The Morgan fingerprint density at radius 3 is 2.12 bits per heavy atom. The van der Waals surface area contributed by atoms with Gasteiger partial charge in [0.25, 0.3) is 0 Å². The van der Waals surface area contributed by atoms with Crippen molar-refractivity contribution in [3.63, 3.8) is 0 Å². The highest BCUT2D eigenvalue weighted by atomic mass is 31.2. The normalized spacial score (nSPS) is 16.0. The van der Waals surface area contributed by atoms with Crippen LogP contribution >= 0.6 is 7.60 Å². The van der Waals surface area contributed by atoms with Gasteiger partial charge in [-0.1, -0.05) is 6.92 Å². The molecule has 0 saturated carbocycles. The SMILES string of the molecule is CC[C@H](N)P(=O)(O)O. The maximum absolute atomic E-state index is 10.1. The van der Waals surface area contributed by atoms with Crippen LogP contribution in [-0.2, 0) is 4.57 Å². The summed E-state index contributed by atoms with van der Waals surface area (Å²) < 4.78 is 10.1. The van der Waals surface area contributed by atoms with Crippen LogP contribution in [0.5, 0.6) is 0 Å². The number of nitrogens with two attached hydrogens (primary N) is 1. The van der Waals surface area contributed by atoms with Gasteiger partial charge in [0.05, 0.1) is 0 Å². The molecule has 0 bridgehead atoms. The van der Waals surface area contributed by atoms with Crippen molar-refractivity contribution in [3.05, 3.63) is 0 Å². The molecule has 50 valence electrons. The first-order valence-corrected chi connectivity index (χ1v) is 3.97. The lowest BCUT2D eigenvalue weighted by atomic mass is 10.5. The van der Waals surface area contributed by atoms with Crippen LogP contribution in [0.15, 0.2) is 0 Å². The van der Waals surface area contributed by atoms with Crippen LogP contribution in [0.3, 0.4) is 0 Å². The molecule has 0 aromatic heterocycles. The molecule has 0 radical (unpaired) electrons. The fourth-order valence-corrected chi connectivity index (χ4v) is 0.714. The van der Waals surface area contributed by atoms with Gasteiger partial charge in [0.1, 0.15) is 5.78 Å². The standard InChI is InChI=1S/C3H10NO3P/c1-2-3(4)8(5,6)7/h3H,2,4H2,1H3,(H2,5,6,7)/t3-/m1/s1. The van der Waals surface area contributed by atoms with Crippen LogP contribution in [0, 0.1) is 0 Å². The van der Waals surface area contributed by atoms with Crippen molar-refractivity contribution in [2.45, 2.75) is 19.1 Å². The molecule has 0 rings (SSSR count). The summed E-state index contributed by atoms with van der Waals surface area (Å²) in [4.78, 5) is 16.5. The Labute approximate surface area is 47.9 Å². The fourth-order valence-electron chi connectivity index (χ4n) is 0.238. The first-order valence-electron chi connectivity index (χ1n) is 2.29. The third-order valence-electron chi connectivity index (χ3n) is 0.850. The minimum absolute atomic E-state index is 0.310. The third-order valence-corrected chi connectivity index (χ3v) is 2.08. The van der Waals surface area contributed by atoms with E-state index < -0.39 is 13.4 Å². The molecule has 0 unspecified atom stereocenters. The van der Waals surface area contributed by atoms with Gasteiger partial charge >= 0.3 is 7.60 Å². The molecule has 0 aromatic carbocycles. The van der Waals surface area contributed by atoms with E-state index >= 15 is 0 Å². The Morgan fingerprint density at radius 1 is 1.75 bits per heavy atom. The highest BCUT2D eigenvalue weighted by molar-refractivity contribution is 7.52. The Bertz CT molecular complexity index is 109. The average molecular weight is 139 g/mol. The highest BCUT2D eigenvalue weighted by Gasteiger charge is 2.21. The zero-order chi connectivity index (χ0) is 6.78. The molecule has 1 atom stereocenters. The Kier molecular flexibility index (Phi) is 2.63. The molecule has 8 heavy (non-hydrogen) atoms. The molecule has 0 amide bonds. The summed E-state index contributed by atoms with van der Waals surface area (Å²) in [5.74, 6) is -0.984. The lowest BCUT2D eigenvalue weighted by Crippen LogP contribution is -2.17. The summed E-state index contributed by atoms with van der Waals surface area (Å²) in [5, 5.41) is 0. The van der Waals surface area contributed by atoms with Crippen molar-refractivity contribution < 1.29 is 14.4 Å². The molecule has 4 N–H and O–H groups in total.